The summed E-state index contributed by atoms with van der Waals surface area (Å²) < 4.78 is 26.1. The molecule has 0 bridgehead atoms. The van der Waals surface area contributed by atoms with Crippen molar-refractivity contribution in [2.75, 3.05) is 12.0 Å². The van der Waals surface area contributed by atoms with Gasteiger partial charge in [0.15, 0.2) is 0 Å². The molecular weight excluding hydrogens is 252 g/mol. The Bertz CT molecular complexity index is 303. The number of sulfonamides is 1. The van der Waals surface area contributed by atoms with Crippen LogP contribution in [0.4, 0.5) is 0 Å². The molecular formula is C8H18N2O2S3. The second-order valence-electron chi connectivity index (χ2n) is 3.27. The molecule has 0 radical (unpaired) electrons. The van der Waals surface area contributed by atoms with Crippen molar-refractivity contribution in [3.8, 4) is 0 Å². The first-order valence-corrected chi connectivity index (χ1v) is 7.99. The number of thioether (sulfide) groups is 1. The maximum Gasteiger partial charge on any atom is 0.221 e. The SMILES string of the molecule is CCC(CSC)NS(=O)(=O)C(C)C(N)=S. The van der Waals surface area contributed by atoms with E-state index in [1.165, 1.54) is 6.92 Å². The quantitative estimate of drug-likeness (QED) is 0.667. The number of nitrogens with one attached hydrogen (secondary N) is 1. The number of rotatable bonds is 7. The van der Waals surface area contributed by atoms with Crippen LogP contribution in [-0.2, 0) is 10.0 Å². The third-order valence-corrected chi connectivity index (χ3v) is 5.14. The maximum atomic E-state index is 11.7. The molecule has 0 saturated carbocycles. The van der Waals surface area contributed by atoms with Crippen LogP contribution >= 0.6 is 24.0 Å². The Morgan fingerprint density at radius 2 is 2.13 bits per heavy atom. The van der Waals surface area contributed by atoms with Crippen LogP contribution in [0, 0.1) is 0 Å². The number of thiocarbonyl (C=S) groups is 1. The van der Waals surface area contributed by atoms with Gasteiger partial charge < -0.3 is 5.73 Å². The van der Waals surface area contributed by atoms with Crippen molar-refractivity contribution in [3.63, 3.8) is 0 Å². The number of hydrogen-bond acceptors (Lipinski definition) is 4. The van der Waals surface area contributed by atoms with Gasteiger partial charge in [-0.15, -0.1) is 0 Å². The standard InChI is InChI=1S/C8H18N2O2S3/c1-4-7(5-14-3)10-15(11,12)6(2)8(9)13/h6-7,10H,4-5H2,1-3H3,(H2,9,13). The van der Waals surface area contributed by atoms with Gasteiger partial charge in [-0.3, -0.25) is 0 Å². The molecule has 0 spiro atoms. The number of hydrogen-bond donors (Lipinski definition) is 2. The van der Waals surface area contributed by atoms with E-state index in [4.69, 9.17) is 5.73 Å². The molecule has 0 aliphatic heterocycles. The molecule has 2 unspecified atom stereocenters. The second kappa shape index (κ2) is 6.67. The molecule has 7 heteroatoms. The molecule has 0 fully saturated rings. The van der Waals surface area contributed by atoms with Crippen LogP contribution < -0.4 is 10.5 Å². The lowest BCUT2D eigenvalue weighted by Crippen LogP contribution is -2.45. The Kier molecular flexibility index (Phi) is 6.74. The minimum atomic E-state index is -3.42. The minimum absolute atomic E-state index is 0.00139. The van der Waals surface area contributed by atoms with E-state index >= 15 is 0 Å². The van der Waals surface area contributed by atoms with E-state index in [0.717, 1.165) is 12.2 Å². The molecule has 0 rings (SSSR count). The lowest BCUT2D eigenvalue weighted by molar-refractivity contribution is 0.555. The van der Waals surface area contributed by atoms with E-state index < -0.39 is 15.3 Å². The van der Waals surface area contributed by atoms with Crippen molar-refractivity contribution < 1.29 is 8.42 Å². The molecule has 0 aromatic carbocycles. The fourth-order valence-electron chi connectivity index (χ4n) is 0.924. The van der Waals surface area contributed by atoms with Crippen LogP contribution in [0.15, 0.2) is 0 Å². The summed E-state index contributed by atoms with van der Waals surface area (Å²) in [6.45, 7) is 3.44. The summed E-state index contributed by atoms with van der Waals surface area (Å²) in [6.07, 6.45) is 2.69. The topological polar surface area (TPSA) is 72.2 Å². The van der Waals surface area contributed by atoms with Crippen LogP contribution in [0.25, 0.3) is 0 Å². The Hall–Kier alpha value is 0.150. The van der Waals surface area contributed by atoms with E-state index in [1.54, 1.807) is 11.8 Å². The van der Waals surface area contributed by atoms with Crippen molar-refractivity contribution in [3.05, 3.63) is 0 Å². The molecule has 0 saturated heterocycles. The van der Waals surface area contributed by atoms with E-state index in [9.17, 15) is 8.42 Å². The van der Waals surface area contributed by atoms with Crippen molar-refractivity contribution in [2.24, 2.45) is 5.73 Å². The zero-order chi connectivity index (χ0) is 12.1. The Balaban J connectivity index is 4.55. The molecule has 0 aliphatic carbocycles. The van der Waals surface area contributed by atoms with Gasteiger partial charge in [0.1, 0.15) is 5.25 Å². The monoisotopic (exact) mass is 270 g/mol. The van der Waals surface area contributed by atoms with E-state index in [0.29, 0.717) is 0 Å². The fraction of sp³-hybridized carbons (Fsp3) is 0.875. The summed E-state index contributed by atoms with van der Waals surface area (Å²) in [5.74, 6) is 0.750. The summed E-state index contributed by atoms with van der Waals surface area (Å²) >= 11 is 6.28. The van der Waals surface area contributed by atoms with E-state index in [-0.39, 0.29) is 11.0 Å². The predicted octanol–water partition coefficient (Wildman–Crippen LogP) is 0.722. The smallest absolute Gasteiger partial charge is 0.221 e. The van der Waals surface area contributed by atoms with Gasteiger partial charge in [0.05, 0.1) is 4.99 Å². The fourth-order valence-corrected chi connectivity index (χ4v) is 3.36. The first-order chi connectivity index (χ1) is 6.85. The molecule has 3 N–H and O–H groups in total. The van der Waals surface area contributed by atoms with E-state index in [2.05, 4.69) is 16.9 Å². The predicted molar refractivity (Wildman–Crippen MR) is 70.8 cm³/mol. The van der Waals surface area contributed by atoms with Gasteiger partial charge in [-0.2, -0.15) is 11.8 Å². The summed E-state index contributed by atoms with van der Waals surface area (Å²) in [5, 5.41) is -0.816. The Morgan fingerprint density at radius 1 is 1.60 bits per heavy atom. The summed E-state index contributed by atoms with van der Waals surface area (Å²) in [7, 11) is -3.42. The summed E-state index contributed by atoms with van der Waals surface area (Å²) in [5.41, 5.74) is 5.32. The average Bonchev–Trinajstić information content (AvgIpc) is 2.15. The van der Waals surface area contributed by atoms with Crippen molar-refractivity contribution in [2.45, 2.75) is 31.6 Å². The molecule has 90 valence electrons. The van der Waals surface area contributed by atoms with Gasteiger partial charge in [-0.05, 0) is 19.6 Å². The van der Waals surface area contributed by atoms with Crippen molar-refractivity contribution in [1.82, 2.24) is 4.72 Å². The number of nitrogens with two attached hydrogens (primary N) is 1. The maximum absolute atomic E-state index is 11.7. The van der Waals surface area contributed by atoms with Gasteiger partial charge >= 0.3 is 0 Å². The first kappa shape index (κ1) is 15.2. The summed E-state index contributed by atoms with van der Waals surface area (Å²) in [6, 6.07) is -0.0539. The first-order valence-electron chi connectivity index (χ1n) is 4.64. The highest BCUT2D eigenvalue weighted by atomic mass is 32.2. The van der Waals surface area contributed by atoms with Crippen LogP contribution in [0.1, 0.15) is 20.3 Å². The lowest BCUT2D eigenvalue weighted by atomic mass is 10.3. The molecule has 2 atom stereocenters. The second-order valence-corrected chi connectivity index (χ2v) is 6.68. The highest BCUT2D eigenvalue weighted by Gasteiger charge is 2.25. The van der Waals surface area contributed by atoms with Crippen LogP contribution in [0.3, 0.4) is 0 Å². The van der Waals surface area contributed by atoms with Crippen LogP contribution in [0.2, 0.25) is 0 Å². The van der Waals surface area contributed by atoms with Gasteiger partial charge in [0, 0.05) is 11.8 Å². The Morgan fingerprint density at radius 3 is 2.47 bits per heavy atom. The zero-order valence-electron chi connectivity index (χ0n) is 9.19. The molecule has 0 amide bonds. The molecule has 0 aromatic heterocycles. The van der Waals surface area contributed by atoms with Crippen LogP contribution in [-0.4, -0.2) is 36.7 Å². The van der Waals surface area contributed by atoms with Crippen molar-refractivity contribution in [1.29, 1.82) is 0 Å². The molecule has 0 aromatic rings. The molecule has 0 heterocycles. The van der Waals surface area contributed by atoms with E-state index in [1.807, 2.05) is 13.2 Å². The Labute approximate surface area is 101 Å². The van der Waals surface area contributed by atoms with Crippen molar-refractivity contribution >= 4 is 39.0 Å². The highest BCUT2D eigenvalue weighted by molar-refractivity contribution is 7.98. The largest absolute Gasteiger partial charge is 0.392 e. The van der Waals surface area contributed by atoms with Gasteiger partial charge in [0.2, 0.25) is 10.0 Å². The minimum Gasteiger partial charge on any atom is -0.392 e. The molecule has 4 nitrogen and oxygen atoms in total. The normalized spacial score (nSPS) is 15.9. The van der Waals surface area contributed by atoms with Crippen LogP contribution in [0.5, 0.6) is 0 Å². The zero-order valence-corrected chi connectivity index (χ0v) is 11.6. The van der Waals surface area contributed by atoms with Gasteiger partial charge in [-0.1, -0.05) is 19.1 Å². The van der Waals surface area contributed by atoms with Gasteiger partial charge in [0.25, 0.3) is 0 Å². The lowest BCUT2D eigenvalue weighted by Gasteiger charge is -2.19. The average molecular weight is 270 g/mol. The third kappa shape index (κ3) is 5.14. The van der Waals surface area contributed by atoms with Gasteiger partial charge in [-0.25, -0.2) is 13.1 Å². The molecule has 15 heavy (non-hydrogen) atoms. The molecule has 0 aliphatic rings. The summed E-state index contributed by atoms with van der Waals surface area (Å²) in [4.78, 5) is 0.00139. The third-order valence-electron chi connectivity index (χ3n) is 2.06. The highest BCUT2D eigenvalue weighted by Crippen LogP contribution is 2.06.